The number of benzene rings is 2. The summed E-state index contributed by atoms with van der Waals surface area (Å²) in [5.74, 6) is -0.791. The molecule has 0 amide bonds. The van der Waals surface area contributed by atoms with Crippen molar-refractivity contribution in [2.24, 2.45) is 5.73 Å². The number of sulfonamides is 1. The van der Waals surface area contributed by atoms with Crippen molar-refractivity contribution in [2.45, 2.75) is 11.4 Å². The fraction of sp³-hybridized carbons (Fsp3) is 0.0769. The highest BCUT2D eigenvalue weighted by molar-refractivity contribution is 7.92. The first-order chi connectivity index (χ1) is 9.04. The molecule has 0 aromatic heterocycles. The smallest absolute Gasteiger partial charge is 0.264 e. The summed E-state index contributed by atoms with van der Waals surface area (Å²) in [6, 6.07) is 11.9. The zero-order valence-corrected chi connectivity index (χ0v) is 10.8. The average Bonchev–Trinajstić information content (AvgIpc) is 2.39. The van der Waals surface area contributed by atoms with Crippen LogP contribution in [-0.2, 0) is 16.6 Å². The van der Waals surface area contributed by atoms with Gasteiger partial charge in [-0.25, -0.2) is 12.8 Å². The van der Waals surface area contributed by atoms with Crippen molar-refractivity contribution in [3.05, 3.63) is 59.9 Å². The molecule has 0 saturated heterocycles. The number of anilines is 1. The van der Waals surface area contributed by atoms with Crippen LogP contribution in [0.4, 0.5) is 10.1 Å². The van der Waals surface area contributed by atoms with Crippen molar-refractivity contribution in [3.63, 3.8) is 0 Å². The molecule has 3 N–H and O–H groups in total. The molecule has 0 radical (unpaired) electrons. The van der Waals surface area contributed by atoms with Crippen molar-refractivity contribution in [2.75, 3.05) is 4.72 Å². The lowest BCUT2D eigenvalue weighted by Gasteiger charge is -2.11. The number of hydrogen-bond acceptors (Lipinski definition) is 3. The lowest BCUT2D eigenvalue weighted by atomic mass is 10.2. The molecule has 0 aliphatic carbocycles. The second-order valence-corrected chi connectivity index (χ2v) is 5.55. The van der Waals surface area contributed by atoms with Gasteiger partial charge < -0.3 is 5.73 Å². The largest absolute Gasteiger partial charge is 0.326 e. The minimum atomic E-state index is -3.96. The number of halogens is 1. The van der Waals surface area contributed by atoms with Gasteiger partial charge in [-0.15, -0.1) is 0 Å². The number of nitrogens with one attached hydrogen (secondary N) is 1. The number of rotatable bonds is 4. The van der Waals surface area contributed by atoms with Crippen molar-refractivity contribution >= 4 is 15.7 Å². The van der Waals surface area contributed by atoms with Crippen LogP contribution in [0.2, 0.25) is 0 Å². The second kappa shape index (κ2) is 5.38. The van der Waals surface area contributed by atoms with Gasteiger partial charge in [0.15, 0.2) is 0 Å². The first kappa shape index (κ1) is 13.5. The molecule has 0 saturated carbocycles. The highest BCUT2D eigenvalue weighted by Crippen LogP contribution is 2.21. The van der Waals surface area contributed by atoms with Crippen LogP contribution in [0.1, 0.15) is 5.56 Å². The van der Waals surface area contributed by atoms with Crippen molar-refractivity contribution in [3.8, 4) is 0 Å². The van der Waals surface area contributed by atoms with Crippen molar-refractivity contribution in [1.29, 1.82) is 0 Å². The van der Waals surface area contributed by atoms with E-state index in [0.29, 0.717) is 11.3 Å². The van der Waals surface area contributed by atoms with Gasteiger partial charge in [0.2, 0.25) is 0 Å². The van der Waals surface area contributed by atoms with E-state index < -0.39 is 15.8 Å². The minimum absolute atomic E-state index is 0.190. The summed E-state index contributed by atoms with van der Waals surface area (Å²) in [5, 5.41) is 0. The van der Waals surface area contributed by atoms with Crippen LogP contribution in [-0.4, -0.2) is 8.42 Å². The van der Waals surface area contributed by atoms with Gasteiger partial charge in [0, 0.05) is 6.54 Å². The monoisotopic (exact) mass is 280 g/mol. The molecular weight excluding hydrogens is 267 g/mol. The van der Waals surface area contributed by atoms with Crippen LogP contribution in [0, 0.1) is 5.82 Å². The summed E-state index contributed by atoms with van der Waals surface area (Å²) in [7, 11) is -3.96. The maximum atomic E-state index is 13.5. The maximum Gasteiger partial charge on any atom is 0.264 e. The van der Waals surface area contributed by atoms with Gasteiger partial charge in [-0.1, -0.05) is 30.3 Å². The Morgan fingerprint density at radius 1 is 1.05 bits per heavy atom. The molecule has 0 unspecified atom stereocenters. The molecule has 0 bridgehead atoms. The maximum absolute atomic E-state index is 13.5. The summed E-state index contributed by atoms with van der Waals surface area (Å²) < 4.78 is 40.1. The predicted molar refractivity (Wildman–Crippen MR) is 71.5 cm³/mol. The SMILES string of the molecule is NCc1ccccc1NS(=O)(=O)c1ccccc1F. The molecule has 0 spiro atoms. The molecule has 2 aromatic carbocycles. The van der Waals surface area contributed by atoms with E-state index in [0.717, 1.165) is 6.07 Å². The lowest BCUT2D eigenvalue weighted by Crippen LogP contribution is -2.16. The van der Waals surface area contributed by atoms with Gasteiger partial charge in [-0.2, -0.15) is 0 Å². The highest BCUT2D eigenvalue weighted by atomic mass is 32.2. The Kier molecular flexibility index (Phi) is 3.82. The summed E-state index contributed by atoms with van der Waals surface area (Å²) in [4.78, 5) is -0.387. The molecule has 100 valence electrons. The highest BCUT2D eigenvalue weighted by Gasteiger charge is 2.19. The first-order valence-corrected chi connectivity index (χ1v) is 7.08. The average molecular weight is 280 g/mol. The summed E-state index contributed by atoms with van der Waals surface area (Å²) >= 11 is 0. The van der Waals surface area contributed by atoms with E-state index in [4.69, 9.17) is 5.73 Å². The van der Waals surface area contributed by atoms with Gasteiger partial charge >= 0.3 is 0 Å². The third kappa shape index (κ3) is 2.91. The Labute approximate surface area is 111 Å². The summed E-state index contributed by atoms with van der Waals surface area (Å²) in [6.45, 7) is 0.190. The van der Waals surface area contributed by atoms with Crippen LogP contribution in [0.15, 0.2) is 53.4 Å². The number of para-hydroxylation sites is 1. The second-order valence-electron chi connectivity index (χ2n) is 3.90. The van der Waals surface area contributed by atoms with Crippen LogP contribution >= 0.6 is 0 Å². The Balaban J connectivity index is 2.40. The van der Waals surface area contributed by atoms with Gasteiger partial charge in [0.1, 0.15) is 10.7 Å². The normalized spacial score (nSPS) is 11.3. The van der Waals surface area contributed by atoms with Gasteiger partial charge in [0.05, 0.1) is 5.69 Å². The molecule has 0 aliphatic rings. The lowest BCUT2D eigenvalue weighted by molar-refractivity contribution is 0.570. The molecule has 0 aliphatic heterocycles. The first-order valence-electron chi connectivity index (χ1n) is 5.60. The van der Waals surface area contributed by atoms with Gasteiger partial charge in [-0.05, 0) is 23.8 Å². The molecule has 19 heavy (non-hydrogen) atoms. The standard InChI is InChI=1S/C13H13FN2O2S/c14-11-6-2-4-8-13(11)19(17,18)16-12-7-3-1-5-10(12)9-15/h1-8,16H,9,15H2. The van der Waals surface area contributed by atoms with Crippen LogP contribution in [0.3, 0.4) is 0 Å². The Bertz CT molecular complexity index is 687. The van der Waals surface area contributed by atoms with E-state index >= 15 is 0 Å². The Morgan fingerprint density at radius 2 is 1.68 bits per heavy atom. The predicted octanol–water partition coefficient (Wildman–Crippen LogP) is 2.09. The molecule has 4 nitrogen and oxygen atoms in total. The fourth-order valence-corrected chi connectivity index (χ4v) is 2.84. The molecule has 0 atom stereocenters. The van der Waals surface area contributed by atoms with Crippen molar-refractivity contribution in [1.82, 2.24) is 0 Å². The number of nitrogens with two attached hydrogens (primary N) is 1. The van der Waals surface area contributed by atoms with Gasteiger partial charge in [-0.3, -0.25) is 4.72 Å². The fourth-order valence-electron chi connectivity index (χ4n) is 1.66. The zero-order chi connectivity index (χ0) is 13.9. The van der Waals surface area contributed by atoms with Crippen LogP contribution in [0.5, 0.6) is 0 Å². The van der Waals surface area contributed by atoms with E-state index in [-0.39, 0.29) is 11.4 Å². The van der Waals surface area contributed by atoms with E-state index in [2.05, 4.69) is 4.72 Å². The minimum Gasteiger partial charge on any atom is -0.326 e. The third-order valence-corrected chi connectivity index (χ3v) is 4.01. The van der Waals surface area contributed by atoms with Crippen LogP contribution in [0.25, 0.3) is 0 Å². The topological polar surface area (TPSA) is 72.2 Å². The quantitative estimate of drug-likeness (QED) is 0.900. The molecule has 2 aromatic rings. The van der Waals surface area contributed by atoms with E-state index in [9.17, 15) is 12.8 Å². The molecular formula is C13H13FN2O2S. The van der Waals surface area contributed by atoms with Gasteiger partial charge in [0.25, 0.3) is 10.0 Å². The Morgan fingerprint density at radius 3 is 2.37 bits per heavy atom. The zero-order valence-electron chi connectivity index (χ0n) is 10.0. The van der Waals surface area contributed by atoms with Crippen molar-refractivity contribution < 1.29 is 12.8 Å². The molecule has 6 heteroatoms. The van der Waals surface area contributed by atoms with E-state index in [1.54, 1.807) is 24.3 Å². The molecule has 0 heterocycles. The summed E-state index contributed by atoms with van der Waals surface area (Å²) in [6.07, 6.45) is 0. The molecule has 0 fully saturated rings. The third-order valence-electron chi connectivity index (χ3n) is 2.61. The summed E-state index contributed by atoms with van der Waals surface area (Å²) in [5.41, 5.74) is 6.53. The van der Waals surface area contributed by atoms with Crippen LogP contribution < -0.4 is 10.5 Å². The van der Waals surface area contributed by atoms with E-state index in [1.807, 2.05) is 0 Å². The molecule has 2 rings (SSSR count). The van der Waals surface area contributed by atoms with E-state index in [1.165, 1.54) is 18.2 Å². The Hall–Kier alpha value is -1.92. The number of hydrogen-bond donors (Lipinski definition) is 2.